The second-order valence-electron chi connectivity index (χ2n) is 8.28. The van der Waals surface area contributed by atoms with Crippen molar-refractivity contribution in [2.24, 2.45) is 0 Å². The minimum atomic E-state index is 0.0591. The molecule has 0 aliphatic rings. The zero-order valence-electron chi connectivity index (χ0n) is 17.4. The highest BCUT2D eigenvalue weighted by molar-refractivity contribution is 5.76. The van der Waals surface area contributed by atoms with Gasteiger partial charge in [0.2, 0.25) is 5.91 Å². The van der Waals surface area contributed by atoms with E-state index in [9.17, 15) is 4.79 Å². The van der Waals surface area contributed by atoms with Gasteiger partial charge in [-0.1, -0.05) is 45.0 Å². The highest BCUT2D eigenvalue weighted by atomic mass is 16.1. The van der Waals surface area contributed by atoms with E-state index in [2.05, 4.69) is 65.4 Å². The molecule has 2 aromatic heterocycles. The Morgan fingerprint density at radius 2 is 1.82 bits per heavy atom. The van der Waals surface area contributed by atoms with Crippen LogP contribution in [0.5, 0.6) is 0 Å². The lowest BCUT2D eigenvalue weighted by Crippen LogP contribution is -2.26. The average molecular weight is 380 g/mol. The zero-order chi connectivity index (χ0) is 20.3. The Kier molecular flexibility index (Phi) is 5.77. The zero-order valence-corrected chi connectivity index (χ0v) is 17.4. The molecular formula is C22H29N5O. The van der Waals surface area contributed by atoms with Crippen molar-refractivity contribution in [3.8, 4) is 0 Å². The van der Waals surface area contributed by atoms with Gasteiger partial charge >= 0.3 is 0 Å². The molecule has 148 valence electrons. The molecule has 0 bridgehead atoms. The summed E-state index contributed by atoms with van der Waals surface area (Å²) >= 11 is 0. The number of benzene rings is 1. The Balaban J connectivity index is 1.50. The maximum absolute atomic E-state index is 12.3. The summed E-state index contributed by atoms with van der Waals surface area (Å²) in [6.07, 6.45) is 3.42. The van der Waals surface area contributed by atoms with Crippen LogP contribution in [0.25, 0.3) is 5.78 Å². The summed E-state index contributed by atoms with van der Waals surface area (Å²) in [6, 6.07) is 8.66. The minimum absolute atomic E-state index is 0.0591. The Bertz CT molecular complexity index is 967. The van der Waals surface area contributed by atoms with E-state index < -0.39 is 0 Å². The predicted octanol–water partition coefficient (Wildman–Crippen LogP) is 3.33. The minimum Gasteiger partial charge on any atom is -0.356 e. The van der Waals surface area contributed by atoms with Gasteiger partial charge in [0.1, 0.15) is 6.33 Å². The smallest absolute Gasteiger partial charge is 0.252 e. The molecule has 0 fully saturated rings. The number of nitrogens with one attached hydrogen (secondary N) is 1. The lowest BCUT2D eigenvalue weighted by Gasteiger charge is -2.19. The molecule has 0 atom stereocenters. The Morgan fingerprint density at radius 1 is 1.11 bits per heavy atom. The number of aryl methyl sites for hydroxylation is 2. The predicted molar refractivity (Wildman–Crippen MR) is 110 cm³/mol. The third-order valence-electron chi connectivity index (χ3n) is 5.15. The van der Waals surface area contributed by atoms with E-state index in [4.69, 9.17) is 0 Å². The van der Waals surface area contributed by atoms with E-state index in [0.717, 1.165) is 23.4 Å². The molecule has 3 aromatic rings. The number of aromatic nitrogens is 4. The SMILES string of the molecule is Cc1nc2ncnn2c(C)c1CCC(=O)NCCc1ccc(C(C)(C)C)cc1. The third-order valence-corrected chi connectivity index (χ3v) is 5.15. The van der Waals surface area contributed by atoms with Crippen LogP contribution in [0.2, 0.25) is 0 Å². The molecule has 6 heteroatoms. The number of nitrogens with zero attached hydrogens (tertiary/aromatic N) is 4. The molecule has 28 heavy (non-hydrogen) atoms. The van der Waals surface area contributed by atoms with E-state index in [-0.39, 0.29) is 11.3 Å². The monoisotopic (exact) mass is 379 g/mol. The van der Waals surface area contributed by atoms with Crippen LogP contribution in [0.3, 0.4) is 0 Å². The second kappa shape index (κ2) is 8.09. The summed E-state index contributed by atoms with van der Waals surface area (Å²) in [5.74, 6) is 0.657. The first kappa shape index (κ1) is 20.0. The van der Waals surface area contributed by atoms with Crippen molar-refractivity contribution in [1.82, 2.24) is 24.9 Å². The van der Waals surface area contributed by atoms with Crippen molar-refractivity contribution in [3.05, 3.63) is 58.7 Å². The Labute approximate surface area is 166 Å². The van der Waals surface area contributed by atoms with E-state index >= 15 is 0 Å². The van der Waals surface area contributed by atoms with Crippen molar-refractivity contribution in [2.45, 2.75) is 59.3 Å². The van der Waals surface area contributed by atoms with Gasteiger partial charge in [0.15, 0.2) is 0 Å². The van der Waals surface area contributed by atoms with Crippen LogP contribution in [0.15, 0.2) is 30.6 Å². The van der Waals surface area contributed by atoms with Gasteiger partial charge in [-0.2, -0.15) is 10.1 Å². The Morgan fingerprint density at radius 3 is 2.50 bits per heavy atom. The van der Waals surface area contributed by atoms with Gasteiger partial charge in [-0.15, -0.1) is 0 Å². The van der Waals surface area contributed by atoms with E-state index in [1.165, 1.54) is 17.5 Å². The van der Waals surface area contributed by atoms with Crippen molar-refractivity contribution < 1.29 is 4.79 Å². The van der Waals surface area contributed by atoms with Gasteiger partial charge in [0.25, 0.3) is 5.78 Å². The molecule has 0 aliphatic heterocycles. The van der Waals surface area contributed by atoms with Crippen LogP contribution < -0.4 is 5.32 Å². The van der Waals surface area contributed by atoms with Crippen LogP contribution in [-0.4, -0.2) is 32.0 Å². The molecule has 0 spiro atoms. The average Bonchev–Trinajstić information content (AvgIpc) is 3.09. The molecule has 0 unspecified atom stereocenters. The van der Waals surface area contributed by atoms with Gasteiger partial charge < -0.3 is 5.32 Å². The second-order valence-corrected chi connectivity index (χ2v) is 8.28. The van der Waals surface area contributed by atoms with Crippen LogP contribution in [-0.2, 0) is 23.1 Å². The van der Waals surface area contributed by atoms with Crippen LogP contribution in [0.4, 0.5) is 0 Å². The molecule has 0 saturated heterocycles. The number of rotatable bonds is 6. The fourth-order valence-corrected chi connectivity index (χ4v) is 3.36. The van der Waals surface area contributed by atoms with Crippen LogP contribution in [0.1, 0.15) is 55.3 Å². The first-order valence-corrected chi connectivity index (χ1v) is 9.77. The fourth-order valence-electron chi connectivity index (χ4n) is 3.36. The van der Waals surface area contributed by atoms with Crippen molar-refractivity contribution >= 4 is 11.7 Å². The summed E-state index contributed by atoms with van der Waals surface area (Å²) in [4.78, 5) is 20.8. The molecule has 0 saturated carbocycles. The number of carbonyl (C=O) groups excluding carboxylic acids is 1. The topological polar surface area (TPSA) is 72.2 Å². The number of amides is 1. The molecule has 1 aromatic carbocycles. The largest absolute Gasteiger partial charge is 0.356 e. The first-order chi connectivity index (χ1) is 13.3. The Hall–Kier alpha value is -2.76. The summed E-state index contributed by atoms with van der Waals surface area (Å²) < 4.78 is 1.72. The van der Waals surface area contributed by atoms with Gasteiger partial charge in [0, 0.05) is 24.4 Å². The molecule has 0 radical (unpaired) electrons. The molecule has 1 amide bonds. The standard InChI is InChI=1S/C22H29N5O/c1-15-19(16(2)27-21(26-15)24-14-25-27)10-11-20(28)23-13-12-17-6-8-18(9-7-17)22(3,4)5/h6-9,14H,10-13H2,1-5H3,(H,23,28). The van der Waals surface area contributed by atoms with Crippen LogP contribution >= 0.6 is 0 Å². The summed E-state index contributed by atoms with van der Waals surface area (Å²) in [5.41, 5.74) is 5.68. The maximum atomic E-state index is 12.3. The molecule has 6 nitrogen and oxygen atoms in total. The molecule has 3 rings (SSSR count). The fraction of sp³-hybridized carbons (Fsp3) is 0.455. The summed E-state index contributed by atoms with van der Waals surface area (Å²) in [5, 5.41) is 7.22. The number of hydrogen-bond donors (Lipinski definition) is 1. The molecular weight excluding hydrogens is 350 g/mol. The van der Waals surface area contributed by atoms with Gasteiger partial charge in [0.05, 0.1) is 0 Å². The number of hydrogen-bond acceptors (Lipinski definition) is 4. The quantitative estimate of drug-likeness (QED) is 0.713. The summed E-state index contributed by atoms with van der Waals surface area (Å²) in [6.45, 7) is 11.2. The van der Waals surface area contributed by atoms with Crippen molar-refractivity contribution in [1.29, 1.82) is 0 Å². The lowest BCUT2D eigenvalue weighted by molar-refractivity contribution is -0.121. The van der Waals surface area contributed by atoms with E-state index in [1.54, 1.807) is 4.52 Å². The summed E-state index contributed by atoms with van der Waals surface area (Å²) in [7, 11) is 0. The van der Waals surface area contributed by atoms with Gasteiger partial charge in [-0.05, 0) is 48.8 Å². The molecule has 0 aliphatic carbocycles. The molecule has 1 N–H and O–H groups in total. The maximum Gasteiger partial charge on any atom is 0.252 e. The number of fused-ring (bicyclic) bond motifs is 1. The third kappa shape index (κ3) is 4.55. The van der Waals surface area contributed by atoms with Crippen molar-refractivity contribution in [2.75, 3.05) is 6.54 Å². The lowest BCUT2D eigenvalue weighted by atomic mass is 9.86. The van der Waals surface area contributed by atoms with Crippen molar-refractivity contribution in [3.63, 3.8) is 0 Å². The van der Waals surface area contributed by atoms with Gasteiger partial charge in [-0.3, -0.25) is 4.79 Å². The van der Waals surface area contributed by atoms with E-state index in [0.29, 0.717) is 25.2 Å². The number of carbonyl (C=O) groups is 1. The normalized spacial score (nSPS) is 11.8. The van der Waals surface area contributed by atoms with Gasteiger partial charge in [-0.25, -0.2) is 9.50 Å². The highest BCUT2D eigenvalue weighted by Crippen LogP contribution is 2.22. The highest BCUT2D eigenvalue weighted by Gasteiger charge is 2.14. The molecule has 2 heterocycles. The first-order valence-electron chi connectivity index (χ1n) is 9.77. The van der Waals surface area contributed by atoms with Crippen LogP contribution in [0, 0.1) is 13.8 Å². The van der Waals surface area contributed by atoms with E-state index in [1.807, 2.05) is 13.8 Å².